The van der Waals surface area contributed by atoms with Gasteiger partial charge in [-0.1, -0.05) is 115 Å². The van der Waals surface area contributed by atoms with Gasteiger partial charge in [-0.2, -0.15) is 5.26 Å². The summed E-state index contributed by atoms with van der Waals surface area (Å²) in [6.07, 6.45) is 0. The minimum atomic E-state index is 0.328. The maximum absolute atomic E-state index is 10.8. The highest BCUT2D eigenvalue weighted by Crippen LogP contribution is 2.44. The second kappa shape index (κ2) is 12.4. The molecule has 0 bridgehead atoms. The molecule has 7 heteroatoms. The number of nitriles is 1. The molecule has 3 aromatic heterocycles. The van der Waals surface area contributed by atoms with Crippen LogP contribution in [-0.2, 0) is 0 Å². The van der Waals surface area contributed by atoms with Gasteiger partial charge in [0.05, 0.1) is 39.9 Å². The highest BCUT2D eigenvalue weighted by Gasteiger charge is 2.23. The second-order valence-electron chi connectivity index (χ2n) is 13.0. The van der Waals surface area contributed by atoms with Crippen molar-refractivity contribution in [3.63, 3.8) is 0 Å². The van der Waals surface area contributed by atoms with E-state index >= 15 is 0 Å². The van der Waals surface area contributed by atoms with Crippen LogP contribution in [0.25, 0.3) is 94.0 Å². The summed E-state index contributed by atoms with van der Waals surface area (Å²) in [6.45, 7) is 8.39. The monoisotopic (exact) mass is 689 g/mol. The Morgan fingerprint density at radius 3 is 1.54 bits per heavy atom. The minimum Gasteiger partial charge on any atom is -0.309 e. The number of rotatable bonds is 5. The van der Waals surface area contributed by atoms with E-state index in [1.54, 1.807) is 12.1 Å². The standard InChI is InChI=1S/C47H27N7/c1-49-37-28-42(32(29-48)27-36(37)47-51-45(30-15-5-2-6-16-30)50-46(52-47)31-17-7-3-8-18-31)54-39-24-14-12-22-35(39)44-41(54)26-25-40-43(44)34-21-11-13-23-38(34)53(40)33-19-9-4-10-20-33/h2-28H. The first-order valence-electron chi connectivity index (χ1n) is 17.6. The summed E-state index contributed by atoms with van der Waals surface area (Å²) >= 11 is 0. The molecule has 0 aliphatic carbocycles. The lowest BCUT2D eigenvalue weighted by Gasteiger charge is -2.14. The lowest BCUT2D eigenvalue weighted by molar-refractivity contribution is 1.07. The summed E-state index contributed by atoms with van der Waals surface area (Å²) in [5.41, 5.74) is 8.63. The minimum absolute atomic E-state index is 0.328. The molecule has 0 aliphatic rings. The summed E-state index contributed by atoms with van der Waals surface area (Å²) in [4.78, 5) is 18.6. The Balaban J connectivity index is 1.24. The summed E-state index contributed by atoms with van der Waals surface area (Å²) in [5, 5.41) is 15.2. The van der Waals surface area contributed by atoms with E-state index in [1.807, 2.05) is 72.8 Å². The van der Waals surface area contributed by atoms with Crippen LogP contribution in [0.5, 0.6) is 0 Å². The smallest absolute Gasteiger partial charge is 0.200 e. The molecule has 0 amide bonds. The van der Waals surface area contributed by atoms with E-state index in [4.69, 9.17) is 21.5 Å². The van der Waals surface area contributed by atoms with Gasteiger partial charge in [-0.15, -0.1) is 0 Å². The average molecular weight is 690 g/mol. The Kier molecular flexibility index (Phi) is 7.11. The van der Waals surface area contributed by atoms with Gasteiger partial charge in [0, 0.05) is 43.9 Å². The van der Waals surface area contributed by atoms with Crippen LogP contribution in [-0.4, -0.2) is 24.1 Å². The van der Waals surface area contributed by atoms with Gasteiger partial charge in [0.2, 0.25) is 0 Å². The fourth-order valence-corrected chi connectivity index (χ4v) is 7.69. The van der Waals surface area contributed by atoms with E-state index in [-0.39, 0.29) is 0 Å². The Morgan fingerprint density at radius 1 is 0.500 bits per heavy atom. The van der Waals surface area contributed by atoms with Crippen molar-refractivity contribution in [2.45, 2.75) is 0 Å². The van der Waals surface area contributed by atoms with Crippen molar-refractivity contribution < 1.29 is 0 Å². The van der Waals surface area contributed by atoms with Crippen LogP contribution in [0.1, 0.15) is 5.56 Å². The quantitative estimate of drug-likeness (QED) is 0.169. The molecule has 0 unspecified atom stereocenters. The molecule has 0 N–H and O–H groups in total. The number of benzene rings is 7. The first kappa shape index (κ1) is 30.9. The number of hydrogen-bond donors (Lipinski definition) is 0. The van der Waals surface area contributed by atoms with Crippen molar-refractivity contribution in [2.24, 2.45) is 0 Å². The fourth-order valence-electron chi connectivity index (χ4n) is 7.69. The van der Waals surface area contributed by atoms with Crippen LogP contribution in [0.15, 0.2) is 164 Å². The molecule has 0 saturated heterocycles. The largest absolute Gasteiger partial charge is 0.309 e. The fraction of sp³-hybridized carbons (Fsp3) is 0. The van der Waals surface area contributed by atoms with Crippen LogP contribution >= 0.6 is 0 Å². The van der Waals surface area contributed by atoms with Gasteiger partial charge in [-0.05, 0) is 48.5 Å². The predicted molar refractivity (Wildman–Crippen MR) is 216 cm³/mol. The van der Waals surface area contributed by atoms with E-state index in [0.717, 1.165) is 60.4 Å². The molecule has 0 saturated carbocycles. The lowest BCUT2D eigenvalue weighted by Crippen LogP contribution is -2.02. The van der Waals surface area contributed by atoms with Crippen LogP contribution in [0.3, 0.4) is 0 Å². The molecule has 0 aliphatic heterocycles. The average Bonchev–Trinajstić information content (AvgIpc) is 3.77. The van der Waals surface area contributed by atoms with Crippen molar-refractivity contribution in [2.75, 3.05) is 0 Å². The van der Waals surface area contributed by atoms with Gasteiger partial charge in [0.1, 0.15) is 6.07 Å². The Hall–Kier alpha value is -7.87. The topological polar surface area (TPSA) is 76.7 Å². The normalized spacial score (nSPS) is 11.3. The third-order valence-corrected chi connectivity index (χ3v) is 10.0. The van der Waals surface area contributed by atoms with Crippen LogP contribution in [0.4, 0.5) is 5.69 Å². The van der Waals surface area contributed by atoms with Crippen molar-refractivity contribution >= 4 is 49.3 Å². The molecule has 0 fully saturated rings. The highest BCUT2D eigenvalue weighted by molar-refractivity contribution is 6.29. The Bertz CT molecular complexity index is 3110. The van der Waals surface area contributed by atoms with E-state index < -0.39 is 0 Å². The maximum atomic E-state index is 10.8. The highest BCUT2D eigenvalue weighted by atomic mass is 15.0. The number of fused-ring (bicyclic) bond motifs is 7. The molecule has 54 heavy (non-hydrogen) atoms. The van der Waals surface area contributed by atoms with Crippen LogP contribution in [0.2, 0.25) is 0 Å². The van der Waals surface area contributed by atoms with E-state index in [2.05, 4.69) is 98.9 Å². The molecule has 0 spiro atoms. The zero-order valence-electron chi connectivity index (χ0n) is 28.7. The van der Waals surface area contributed by atoms with Gasteiger partial charge >= 0.3 is 0 Å². The molecular weight excluding hydrogens is 663 g/mol. The molecular formula is C47H27N7. The summed E-state index contributed by atoms with van der Waals surface area (Å²) < 4.78 is 4.43. The second-order valence-corrected chi connectivity index (χ2v) is 13.0. The van der Waals surface area contributed by atoms with Gasteiger partial charge in [0.15, 0.2) is 23.2 Å². The molecule has 7 aromatic carbocycles. The Morgan fingerprint density at radius 2 is 0.981 bits per heavy atom. The number of aromatic nitrogens is 5. The molecule has 250 valence electrons. The zero-order valence-corrected chi connectivity index (χ0v) is 28.7. The molecule has 3 heterocycles. The van der Waals surface area contributed by atoms with Gasteiger partial charge in [-0.3, -0.25) is 0 Å². The third kappa shape index (κ3) is 4.77. The third-order valence-electron chi connectivity index (χ3n) is 10.0. The first-order valence-corrected chi connectivity index (χ1v) is 17.6. The maximum Gasteiger partial charge on any atom is 0.200 e. The SMILES string of the molecule is [C-]#[N+]c1cc(-n2c3ccccc3c3c4c5ccccc5n(-c5ccccc5)c4ccc32)c(C#N)cc1-c1nc(-c2ccccc2)nc(-c2ccccc2)n1. The van der Waals surface area contributed by atoms with E-state index in [9.17, 15) is 5.26 Å². The summed E-state index contributed by atoms with van der Waals surface area (Å²) in [5.74, 6) is 1.30. The van der Waals surface area contributed by atoms with E-state index in [1.165, 1.54) is 0 Å². The van der Waals surface area contributed by atoms with Crippen LogP contribution < -0.4 is 0 Å². The molecule has 7 nitrogen and oxygen atoms in total. The molecule has 0 radical (unpaired) electrons. The summed E-state index contributed by atoms with van der Waals surface area (Å²) in [7, 11) is 0. The number of nitrogens with zero attached hydrogens (tertiary/aromatic N) is 7. The number of para-hydroxylation sites is 3. The van der Waals surface area contributed by atoms with E-state index in [0.29, 0.717) is 40.0 Å². The zero-order chi connectivity index (χ0) is 36.2. The molecule has 10 rings (SSSR count). The van der Waals surface area contributed by atoms with Crippen LogP contribution in [0, 0.1) is 17.9 Å². The summed E-state index contributed by atoms with van der Waals surface area (Å²) in [6, 6.07) is 56.9. The van der Waals surface area contributed by atoms with Gasteiger partial charge in [-0.25, -0.2) is 19.8 Å². The first-order chi connectivity index (χ1) is 26.7. The number of hydrogen-bond acceptors (Lipinski definition) is 4. The van der Waals surface area contributed by atoms with Gasteiger partial charge < -0.3 is 9.13 Å². The van der Waals surface area contributed by atoms with Gasteiger partial charge in [0.25, 0.3) is 0 Å². The van der Waals surface area contributed by atoms with Crippen molar-refractivity contribution in [1.29, 1.82) is 5.26 Å². The molecule has 0 atom stereocenters. The van der Waals surface area contributed by atoms with Crippen molar-refractivity contribution in [3.8, 4) is 51.6 Å². The van der Waals surface area contributed by atoms with Crippen molar-refractivity contribution in [3.05, 3.63) is 181 Å². The van der Waals surface area contributed by atoms with Crippen molar-refractivity contribution in [1.82, 2.24) is 24.1 Å². The lowest BCUT2D eigenvalue weighted by atomic mass is 10.0. The molecule has 10 aromatic rings. The predicted octanol–water partition coefficient (Wildman–Crippen LogP) is 11.5. The Labute approximate surface area is 310 Å².